The van der Waals surface area contributed by atoms with Gasteiger partial charge >= 0.3 is 5.97 Å². The van der Waals surface area contributed by atoms with Crippen LogP contribution in [0.25, 0.3) is 0 Å². The number of hydrogen-bond donors (Lipinski definition) is 1. The van der Waals surface area contributed by atoms with E-state index in [9.17, 15) is 13.6 Å². The Labute approximate surface area is 85.1 Å². The second kappa shape index (κ2) is 4.79. The van der Waals surface area contributed by atoms with Crippen LogP contribution in [-0.2, 0) is 16.0 Å². The molecule has 0 aliphatic rings. The highest BCUT2D eigenvalue weighted by Crippen LogP contribution is 2.12. The molecule has 2 N–H and O–H groups in total. The van der Waals surface area contributed by atoms with E-state index in [0.29, 0.717) is 0 Å². The van der Waals surface area contributed by atoms with E-state index in [1.54, 1.807) is 0 Å². The fraction of sp³-hybridized carbons (Fsp3) is 0.333. The van der Waals surface area contributed by atoms with Crippen molar-refractivity contribution in [1.82, 2.24) is 4.98 Å². The Morgan fingerprint density at radius 3 is 2.53 bits per heavy atom. The number of rotatable bonds is 3. The van der Waals surface area contributed by atoms with E-state index < -0.39 is 23.6 Å². The van der Waals surface area contributed by atoms with Crippen LogP contribution in [0.4, 0.5) is 8.78 Å². The first-order chi connectivity index (χ1) is 7.06. The van der Waals surface area contributed by atoms with E-state index in [4.69, 9.17) is 5.73 Å². The molecule has 1 atom stereocenters. The predicted molar refractivity (Wildman–Crippen MR) is 47.8 cm³/mol. The van der Waals surface area contributed by atoms with Crippen molar-refractivity contribution >= 4 is 5.97 Å². The molecule has 0 aliphatic heterocycles. The van der Waals surface area contributed by atoms with Gasteiger partial charge < -0.3 is 10.5 Å². The Morgan fingerprint density at radius 1 is 1.53 bits per heavy atom. The molecule has 4 nitrogen and oxygen atoms in total. The number of esters is 1. The van der Waals surface area contributed by atoms with Gasteiger partial charge in [0.25, 0.3) is 0 Å². The summed E-state index contributed by atoms with van der Waals surface area (Å²) in [4.78, 5) is 14.2. The average molecular weight is 216 g/mol. The molecule has 0 amide bonds. The van der Waals surface area contributed by atoms with E-state index in [1.807, 2.05) is 0 Å². The second-order valence-corrected chi connectivity index (χ2v) is 2.92. The van der Waals surface area contributed by atoms with Crippen molar-refractivity contribution in [3.8, 4) is 0 Å². The van der Waals surface area contributed by atoms with Gasteiger partial charge in [0, 0.05) is 12.0 Å². The number of nitrogens with zero attached hydrogens (tertiary/aromatic N) is 1. The fourth-order valence-electron chi connectivity index (χ4n) is 1.09. The molecule has 0 fully saturated rings. The third kappa shape index (κ3) is 2.69. The van der Waals surface area contributed by atoms with Gasteiger partial charge in [-0.05, 0) is 0 Å². The summed E-state index contributed by atoms with van der Waals surface area (Å²) in [5, 5.41) is 0. The van der Waals surface area contributed by atoms with Crippen LogP contribution in [0.2, 0.25) is 0 Å². The smallest absolute Gasteiger partial charge is 0.322 e. The molecule has 1 unspecified atom stereocenters. The number of aromatic nitrogens is 1. The van der Waals surface area contributed by atoms with Gasteiger partial charge in [-0.25, -0.2) is 8.78 Å². The van der Waals surface area contributed by atoms with Gasteiger partial charge in [-0.2, -0.15) is 0 Å². The monoisotopic (exact) mass is 216 g/mol. The van der Waals surface area contributed by atoms with Crippen molar-refractivity contribution in [2.24, 2.45) is 5.73 Å². The number of halogens is 2. The summed E-state index contributed by atoms with van der Waals surface area (Å²) in [6, 6.07) is -1.08. The highest BCUT2D eigenvalue weighted by molar-refractivity contribution is 5.75. The van der Waals surface area contributed by atoms with Gasteiger partial charge in [-0.15, -0.1) is 0 Å². The summed E-state index contributed by atoms with van der Waals surface area (Å²) >= 11 is 0. The number of carbonyl (C=O) groups is 1. The lowest BCUT2D eigenvalue weighted by Gasteiger charge is -2.09. The summed E-state index contributed by atoms with van der Waals surface area (Å²) in [5.41, 5.74) is 5.11. The maximum absolute atomic E-state index is 13.1. The van der Waals surface area contributed by atoms with E-state index in [0.717, 1.165) is 19.5 Å². The van der Waals surface area contributed by atoms with E-state index in [1.165, 1.54) is 0 Å². The minimum absolute atomic E-state index is 0.257. The molecule has 1 heterocycles. The van der Waals surface area contributed by atoms with Gasteiger partial charge in [-0.1, -0.05) is 0 Å². The van der Waals surface area contributed by atoms with Gasteiger partial charge in [-0.3, -0.25) is 9.78 Å². The number of pyridine rings is 1. The Morgan fingerprint density at radius 2 is 2.07 bits per heavy atom. The molecule has 1 aromatic heterocycles. The van der Waals surface area contributed by atoms with Gasteiger partial charge in [0.2, 0.25) is 0 Å². The average Bonchev–Trinajstić information content (AvgIpc) is 2.22. The van der Waals surface area contributed by atoms with Crippen molar-refractivity contribution in [3.05, 3.63) is 29.6 Å². The van der Waals surface area contributed by atoms with Crippen LogP contribution in [-0.4, -0.2) is 24.1 Å². The first-order valence-electron chi connectivity index (χ1n) is 4.17. The van der Waals surface area contributed by atoms with Gasteiger partial charge in [0.05, 0.1) is 19.5 Å². The lowest BCUT2D eigenvalue weighted by atomic mass is 10.1. The fourth-order valence-corrected chi connectivity index (χ4v) is 1.09. The number of hydrogen-bond acceptors (Lipinski definition) is 4. The molecule has 0 aliphatic carbocycles. The Bertz CT molecular complexity index is 351. The van der Waals surface area contributed by atoms with E-state index in [-0.39, 0.29) is 12.0 Å². The minimum atomic E-state index is -1.08. The molecule has 15 heavy (non-hydrogen) atoms. The second-order valence-electron chi connectivity index (χ2n) is 2.92. The van der Waals surface area contributed by atoms with Crippen molar-refractivity contribution in [1.29, 1.82) is 0 Å². The third-order valence-corrected chi connectivity index (χ3v) is 1.88. The summed E-state index contributed by atoms with van der Waals surface area (Å²) < 4.78 is 30.5. The summed E-state index contributed by atoms with van der Waals surface area (Å²) in [7, 11) is 1.15. The molecule has 0 bridgehead atoms. The topological polar surface area (TPSA) is 65.2 Å². The Kier molecular flexibility index (Phi) is 3.68. The highest BCUT2D eigenvalue weighted by Gasteiger charge is 2.19. The lowest BCUT2D eigenvalue weighted by molar-refractivity contribution is -0.142. The number of methoxy groups -OCH3 is 1. The largest absolute Gasteiger partial charge is 0.468 e. The summed E-state index contributed by atoms with van der Waals surface area (Å²) in [5.74, 6) is -2.37. The van der Waals surface area contributed by atoms with Crippen LogP contribution in [0.15, 0.2) is 12.4 Å². The van der Waals surface area contributed by atoms with Crippen LogP contribution in [0.3, 0.4) is 0 Å². The molecular formula is C9H10F2N2O2. The molecule has 0 saturated carbocycles. The van der Waals surface area contributed by atoms with Crippen molar-refractivity contribution in [3.63, 3.8) is 0 Å². The maximum Gasteiger partial charge on any atom is 0.322 e. The molecule has 0 aromatic carbocycles. The molecule has 82 valence electrons. The van der Waals surface area contributed by atoms with Crippen molar-refractivity contribution in [2.45, 2.75) is 12.5 Å². The maximum atomic E-state index is 13.1. The zero-order valence-corrected chi connectivity index (χ0v) is 8.04. The summed E-state index contributed by atoms with van der Waals surface area (Å²) in [6.07, 6.45) is 1.47. The molecule has 0 spiro atoms. The standard InChI is InChI=1S/C9H10F2N2O2/c1-15-9(14)8(12)2-5-6(10)3-13-4-7(5)11/h3-4,8H,2,12H2,1H3. The van der Waals surface area contributed by atoms with Crippen LogP contribution in [0, 0.1) is 11.6 Å². The molecule has 0 radical (unpaired) electrons. The third-order valence-electron chi connectivity index (χ3n) is 1.88. The van der Waals surface area contributed by atoms with Crippen LogP contribution < -0.4 is 5.73 Å². The molecule has 1 aromatic rings. The van der Waals surface area contributed by atoms with Crippen molar-refractivity contribution < 1.29 is 18.3 Å². The SMILES string of the molecule is COC(=O)C(N)Cc1c(F)cncc1F. The molecule has 0 saturated heterocycles. The number of carbonyl (C=O) groups excluding carboxylic acids is 1. The van der Waals surface area contributed by atoms with E-state index >= 15 is 0 Å². The number of ether oxygens (including phenoxy) is 1. The highest BCUT2D eigenvalue weighted by atomic mass is 19.1. The van der Waals surface area contributed by atoms with Crippen LogP contribution in [0.5, 0.6) is 0 Å². The molecule has 1 rings (SSSR count). The van der Waals surface area contributed by atoms with Gasteiger partial charge in [0.15, 0.2) is 0 Å². The first kappa shape index (κ1) is 11.5. The molecule has 6 heteroatoms. The zero-order valence-electron chi connectivity index (χ0n) is 8.04. The quantitative estimate of drug-likeness (QED) is 0.743. The lowest BCUT2D eigenvalue weighted by Crippen LogP contribution is -2.34. The van der Waals surface area contributed by atoms with Crippen LogP contribution in [0.1, 0.15) is 5.56 Å². The van der Waals surface area contributed by atoms with Crippen LogP contribution >= 0.6 is 0 Å². The predicted octanol–water partition coefficient (Wildman–Crippen LogP) is 0.403. The molecular weight excluding hydrogens is 206 g/mol. The minimum Gasteiger partial charge on any atom is -0.468 e. The number of nitrogens with two attached hydrogens (primary N) is 1. The van der Waals surface area contributed by atoms with E-state index in [2.05, 4.69) is 9.72 Å². The van der Waals surface area contributed by atoms with Crippen molar-refractivity contribution in [2.75, 3.05) is 7.11 Å². The Balaban J connectivity index is 2.85. The zero-order chi connectivity index (χ0) is 11.4. The Hall–Kier alpha value is -1.56. The normalized spacial score (nSPS) is 12.3. The van der Waals surface area contributed by atoms with Gasteiger partial charge in [0.1, 0.15) is 17.7 Å². The summed E-state index contributed by atoms with van der Waals surface area (Å²) in [6.45, 7) is 0. The first-order valence-corrected chi connectivity index (χ1v) is 4.17.